The van der Waals surface area contributed by atoms with Gasteiger partial charge in [0.25, 0.3) is 0 Å². The Morgan fingerprint density at radius 1 is 0.522 bits per heavy atom. The van der Waals surface area contributed by atoms with Crippen molar-refractivity contribution in [3.05, 3.63) is 83.9 Å². The Hall–Kier alpha value is -2.86. The van der Waals surface area contributed by atoms with Crippen LogP contribution in [0.5, 0.6) is 0 Å². The van der Waals surface area contributed by atoms with Gasteiger partial charge >= 0.3 is 0 Å². The van der Waals surface area contributed by atoms with Gasteiger partial charge < -0.3 is 0 Å². The molecule has 106 valence electrons. The average Bonchev–Trinajstić information content (AvgIpc) is 3.13. The quantitative estimate of drug-likeness (QED) is 0.319. The summed E-state index contributed by atoms with van der Waals surface area (Å²) in [6.07, 6.45) is 1.05. The van der Waals surface area contributed by atoms with Gasteiger partial charge in [-0.1, -0.05) is 72.8 Å². The smallest absolute Gasteiger partial charge is 0.000706 e. The van der Waals surface area contributed by atoms with Crippen molar-refractivity contribution in [2.24, 2.45) is 0 Å². The normalized spacial score (nSPS) is 13.0. The van der Waals surface area contributed by atoms with Crippen molar-refractivity contribution in [1.82, 2.24) is 0 Å². The van der Waals surface area contributed by atoms with Crippen molar-refractivity contribution in [2.45, 2.75) is 6.42 Å². The van der Waals surface area contributed by atoms with E-state index in [2.05, 4.69) is 72.8 Å². The number of fused-ring (bicyclic) bond motifs is 7. The molecule has 2 aliphatic carbocycles. The van der Waals surface area contributed by atoms with E-state index in [0.29, 0.717) is 0 Å². The van der Waals surface area contributed by atoms with Crippen molar-refractivity contribution in [3.63, 3.8) is 0 Å². The highest BCUT2D eigenvalue weighted by Gasteiger charge is 2.28. The standard InChI is InChI=1S/C23H14/c1-2-8-16-15(5-1)13-21-17(16)11-12-19-18-9-3-6-14-7-4-10-20(22(14)18)23(19)21/h1-12H,13H2. The Kier molecular flexibility index (Phi) is 1.98. The molecule has 0 aliphatic heterocycles. The highest BCUT2D eigenvalue weighted by molar-refractivity contribution is 6.17. The molecule has 0 saturated carbocycles. The fraction of sp³-hybridized carbons (Fsp3) is 0.0435. The minimum Gasteiger partial charge on any atom is -0.0619 e. The highest BCUT2D eigenvalue weighted by Crippen LogP contribution is 2.52. The number of benzene rings is 4. The molecule has 0 spiro atoms. The van der Waals surface area contributed by atoms with E-state index in [1.165, 1.54) is 55.3 Å². The summed E-state index contributed by atoms with van der Waals surface area (Å²) in [6, 6.07) is 26.9. The molecule has 6 rings (SSSR count). The lowest BCUT2D eigenvalue weighted by Crippen LogP contribution is -1.87. The molecular weight excluding hydrogens is 276 g/mol. The molecule has 0 fully saturated rings. The summed E-state index contributed by atoms with van der Waals surface area (Å²) in [5, 5.41) is 2.77. The van der Waals surface area contributed by atoms with Crippen LogP contribution in [0.4, 0.5) is 0 Å². The van der Waals surface area contributed by atoms with Crippen molar-refractivity contribution in [2.75, 3.05) is 0 Å². The molecular formula is C23H14. The average molecular weight is 290 g/mol. The molecule has 0 atom stereocenters. The van der Waals surface area contributed by atoms with E-state index in [-0.39, 0.29) is 0 Å². The molecule has 0 heteroatoms. The maximum Gasteiger partial charge on any atom is -0.000706 e. The molecule has 23 heavy (non-hydrogen) atoms. The first-order valence-electron chi connectivity index (χ1n) is 8.18. The maximum absolute atomic E-state index is 2.32. The van der Waals surface area contributed by atoms with Gasteiger partial charge in [0, 0.05) is 0 Å². The third-order valence-electron chi connectivity index (χ3n) is 5.45. The number of rotatable bonds is 0. The fourth-order valence-electron chi connectivity index (χ4n) is 4.52. The zero-order valence-corrected chi connectivity index (χ0v) is 12.6. The van der Waals surface area contributed by atoms with Crippen LogP contribution in [0.1, 0.15) is 11.1 Å². The lowest BCUT2D eigenvalue weighted by Gasteiger charge is -2.09. The second kappa shape index (κ2) is 3.91. The molecule has 0 amide bonds. The van der Waals surface area contributed by atoms with Crippen LogP contribution in [-0.4, -0.2) is 0 Å². The van der Waals surface area contributed by atoms with Crippen molar-refractivity contribution in [3.8, 4) is 33.4 Å². The maximum atomic E-state index is 2.32. The van der Waals surface area contributed by atoms with Crippen LogP contribution in [-0.2, 0) is 6.42 Å². The highest BCUT2D eigenvalue weighted by atomic mass is 14.3. The molecule has 2 aliphatic rings. The first kappa shape index (κ1) is 11.7. The molecule has 0 heterocycles. The van der Waals surface area contributed by atoms with Crippen molar-refractivity contribution < 1.29 is 0 Å². The third kappa shape index (κ3) is 1.33. The van der Waals surface area contributed by atoms with Crippen LogP contribution >= 0.6 is 0 Å². The number of hydrogen-bond donors (Lipinski definition) is 0. The lowest BCUT2D eigenvalue weighted by molar-refractivity contribution is 1.27. The van der Waals surface area contributed by atoms with Gasteiger partial charge in [0.05, 0.1) is 0 Å². The van der Waals surface area contributed by atoms with Gasteiger partial charge in [-0.05, 0) is 61.7 Å². The minimum absolute atomic E-state index is 1.05. The van der Waals surface area contributed by atoms with E-state index in [1.54, 1.807) is 0 Å². The minimum atomic E-state index is 1.05. The largest absolute Gasteiger partial charge is 0.0619 e. The van der Waals surface area contributed by atoms with Crippen LogP contribution in [0.2, 0.25) is 0 Å². The van der Waals surface area contributed by atoms with Crippen LogP contribution in [0, 0.1) is 0 Å². The van der Waals surface area contributed by atoms with E-state index in [9.17, 15) is 0 Å². The summed E-state index contributed by atoms with van der Waals surface area (Å²) in [7, 11) is 0. The third-order valence-corrected chi connectivity index (χ3v) is 5.45. The van der Waals surface area contributed by atoms with E-state index in [1.807, 2.05) is 0 Å². The summed E-state index contributed by atoms with van der Waals surface area (Å²) in [5.74, 6) is 0. The molecule has 4 aromatic carbocycles. The predicted molar refractivity (Wildman–Crippen MR) is 96.6 cm³/mol. The van der Waals surface area contributed by atoms with Gasteiger partial charge in [0.1, 0.15) is 0 Å². The fourth-order valence-corrected chi connectivity index (χ4v) is 4.52. The molecule has 0 N–H and O–H groups in total. The van der Waals surface area contributed by atoms with E-state index in [0.717, 1.165) is 6.42 Å². The topological polar surface area (TPSA) is 0 Å². The molecule has 0 aromatic heterocycles. The Bertz CT molecular complexity index is 1130. The molecule has 0 radical (unpaired) electrons. The second-order valence-electron chi connectivity index (χ2n) is 6.56. The van der Waals surface area contributed by atoms with Crippen molar-refractivity contribution >= 4 is 10.8 Å². The Morgan fingerprint density at radius 2 is 1.26 bits per heavy atom. The molecule has 0 bridgehead atoms. The molecule has 0 saturated heterocycles. The summed E-state index contributed by atoms with van der Waals surface area (Å²) in [6.45, 7) is 0. The van der Waals surface area contributed by atoms with Crippen LogP contribution in [0.15, 0.2) is 72.8 Å². The van der Waals surface area contributed by atoms with Crippen LogP contribution in [0.25, 0.3) is 44.2 Å². The summed E-state index contributed by atoms with van der Waals surface area (Å²) >= 11 is 0. The van der Waals surface area contributed by atoms with Crippen LogP contribution < -0.4 is 0 Å². The van der Waals surface area contributed by atoms with Gasteiger partial charge in [-0.15, -0.1) is 0 Å². The Balaban J connectivity index is 1.76. The SMILES string of the molecule is c1ccc2c(c1)Cc1c-2ccc2c1-c1cccc3cccc-2c13. The molecule has 0 unspecified atom stereocenters. The van der Waals surface area contributed by atoms with Gasteiger partial charge in [-0.25, -0.2) is 0 Å². The molecule has 0 nitrogen and oxygen atoms in total. The Morgan fingerprint density at radius 3 is 2.17 bits per heavy atom. The van der Waals surface area contributed by atoms with Crippen LogP contribution in [0.3, 0.4) is 0 Å². The first-order valence-corrected chi connectivity index (χ1v) is 8.18. The molecule has 4 aromatic rings. The Labute approximate surface area is 135 Å². The van der Waals surface area contributed by atoms with E-state index < -0.39 is 0 Å². The zero-order chi connectivity index (χ0) is 15.0. The number of hydrogen-bond acceptors (Lipinski definition) is 0. The summed E-state index contributed by atoms with van der Waals surface area (Å²) in [4.78, 5) is 0. The second-order valence-corrected chi connectivity index (χ2v) is 6.56. The van der Waals surface area contributed by atoms with E-state index in [4.69, 9.17) is 0 Å². The predicted octanol–water partition coefficient (Wildman–Crippen LogP) is 6.06. The zero-order valence-electron chi connectivity index (χ0n) is 12.6. The summed E-state index contributed by atoms with van der Waals surface area (Å²) < 4.78 is 0. The van der Waals surface area contributed by atoms with Gasteiger partial charge in [0.15, 0.2) is 0 Å². The van der Waals surface area contributed by atoms with Crippen molar-refractivity contribution in [1.29, 1.82) is 0 Å². The first-order chi connectivity index (χ1) is 11.4. The van der Waals surface area contributed by atoms with Gasteiger partial charge in [-0.2, -0.15) is 0 Å². The van der Waals surface area contributed by atoms with Gasteiger partial charge in [-0.3, -0.25) is 0 Å². The van der Waals surface area contributed by atoms with Gasteiger partial charge in [0.2, 0.25) is 0 Å². The summed E-state index contributed by atoms with van der Waals surface area (Å²) in [5.41, 5.74) is 11.5. The van der Waals surface area contributed by atoms with E-state index >= 15 is 0 Å². The lowest BCUT2D eigenvalue weighted by atomic mass is 9.94. The monoisotopic (exact) mass is 290 g/mol.